The van der Waals surface area contributed by atoms with Crippen LogP contribution >= 0.6 is 15.9 Å². The van der Waals surface area contributed by atoms with E-state index in [1.165, 1.54) is 0 Å². The average Bonchev–Trinajstić information content (AvgIpc) is 3.24. The van der Waals surface area contributed by atoms with Crippen LogP contribution in [0.1, 0.15) is 21.8 Å². The summed E-state index contributed by atoms with van der Waals surface area (Å²) in [6.45, 7) is 0. The number of nitrogens with zero attached hydrogens (tertiary/aromatic N) is 2. The minimum Gasteiger partial charge on any atom is -0.444 e. The Labute approximate surface area is 148 Å². The molecular weight excluding hydrogens is 394 g/mol. The molecule has 3 heterocycles. The van der Waals surface area contributed by atoms with Gasteiger partial charge in [-0.2, -0.15) is 5.10 Å². The van der Waals surface area contributed by atoms with E-state index in [1.54, 1.807) is 16.8 Å². The first-order valence-corrected chi connectivity index (χ1v) is 9.48. The van der Waals surface area contributed by atoms with E-state index in [9.17, 15) is 9.00 Å². The Morgan fingerprint density at radius 1 is 1.21 bits per heavy atom. The zero-order chi connectivity index (χ0) is 16.7. The lowest BCUT2D eigenvalue weighted by molar-refractivity contribution is 0.0994. The number of amides is 1. The predicted octanol–water partition coefficient (Wildman–Crippen LogP) is 3.24. The number of benzene rings is 1. The lowest BCUT2D eigenvalue weighted by Gasteiger charge is -2.10. The van der Waals surface area contributed by atoms with Crippen LogP contribution in [0.15, 0.2) is 51.6 Å². The lowest BCUT2D eigenvalue weighted by Crippen LogP contribution is -2.16. The van der Waals surface area contributed by atoms with Crippen molar-refractivity contribution < 1.29 is 13.4 Å². The molecule has 24 heavy (non-hydrogen) atoms. The van der Waals surface area contributed by atoms with Crippen molar-refractivity contribution in [3.8, 4) is 5.69 Å². The van der Waals surface area contributed by atoms with E-state index in [2.05, 4.69) is 26.3 Å². The number of halogens is 1. The van der Waals surface area contributed by atoms with Crippen LogP contribution in [0.4, 0.5) is 5.82 Å². The van der Waals surface area contributed by atoms with E-state index in [4.69, 9.17) is 4.42 Å². The second-order valence-corrected chi connectivity index (χ2v) is 7.55. The topological polar surface area (TPSA) is 77.1 Å². The Kier molecular flexibility index (Phi) is 3.85. The molecule has 4 rings (SSSR count). The van der Waals surface area contributed by atoms with E-state index in [1.807, 2.05) is 30.3 Å². The summed E-state index contributed by atoms with van der Waals surface area (Å²) in [4.78, 5) is 12.4. The Morgan fingerprint density at radius 2 is 2.00 bits per heavy atom. The number of carbonyl (C=O) groups excluding carboxylic acids is 1. The summed E-state index contributed by atoms with van der Waals surface area (Å²) in [6.07, 6.45) is 0. The van der Waals surface area contributed by atoms with Crippen LogP contribution in [0, 0.1) is 0 Å². The fourth-order valence-electron chi connectivity index (χ4n) is 2.62. The molecule has 0 spiro atoms. The number of anilines is 1. The maximum atomic E-state index is 12.4. The fourth-order valence-corrected chi connectivity index (χ4v) is 4.19. The maximum Gasteiger partial charge on any atom is 0.292 e. The Hall–Kier alpha value is -2.19. The van der Waals surface area contributed by atoms with Crippen molar-refractivity contribution in [3.63, 3.8) is 0 Å². The third-order valence-corrected chi connectivity index (χ3v) is 5.33. The standard InChI is InChI=1S/C16H12BrN3O3S/c17-14-7-6-13(23-14)16(21)18-15-11-8-24(22)9-12(11)19-20(15)10-4-2-1-3-5-10/h1-7H,8-9H2,(H,18,21)/t24-/m1/s1. The Bertz CT molecular complexity index is 949. The molecular formula is C16H12BrN3O3S. The van der Waals surface area contributed by atoms with Gasteiger partial charge in [-0.25, -0.2) is 4.68 Å². The second kappa shape index (κ2) is 6.03. The first-order chi connectivity index (χ1) is 11.6. The highest BCUT2D eigenvalue weighted by Crippen LogP contribution is 2.31. The van der Waals surface area contributed by atoms with Gasteiger partial charge in [-0.15, -0.1) is 0 Å². The van der Waals surface area contributed by atoms with Gasteiger partial charge in [-0.05, 0) is 40.2 Å². The third-order valence-electron chi connectivity index (χ3n) is 3.70. The van der Waals surface area contributed by atoms with Gasteiger partial charge in [0.15, 0.2) is 10.4 Å². The number of hydrogen-bond acceptors (Lipinski definition) is 4. The summed E-state index contributed by atoms with van der Waals surface area (Å²) in [7, 11) is -0.976. The summed E-state index contributed by atoms with van der Waals surface area (Å²) < 4.78 is 19.3. The number of fused-ring (bicyclic) bond motifs is 1. The van der Waals surface area contributed by atoms with Crippen molar-refractivity contribution >= 4 is 38.5 Å². The normalized spacial score (nSPS) is 16.1. The number of nitrogens with one attached hydrogen (secondary N) is 1. The highest BCUT2D eigenvalue weighted by atomic mass is 79.9. The Balaban J connectivity index is 1.76. The average molecular weight is 406 g/mol. The molecule has 0 saturated carbocycles. The van der Waals surface area contributed by atoms with Gasteiger partial charge in [0.2, 0.25) is 0 Å². The molecule has 1 aromatic carbocycles. The summed E-state index contributed by atoms with van der Waals surface area (Å²) >= 11 is 3.18. The molecule has 1 aliphatic rings. The second-order valence-electron chi connectivity index (χ2n) is 5.31. The molecule has 3 aromatic rings. The van der Waals surface area contributed by atoms with Gasteiger partial charge in [-0.3, -0.25) is 9.00 Å². The number of hydrogen-bond donors (Lipinski definition) is 1. The van der Waals surface area contributed by atoms with Crippen LogP contribution in [0.3, 0.4) is 0 Å². The van der Waals surface area contributed by atoms with Gasteiger partial charge >= 0.3 is 0 Å². The molecule has 0 aliphatic carbocycles. The van der Waals surface area contributed by atoms with Crippen molar-refractivity contribution in [2.45, 2.75) is 11.5 Å². The molecule has 6 nitrogen and oxygen atoms in total. The highest BCUT2D eigenvalue weighted by Gasteiger charge is 2.28. The number of furan rings is 1. The molecule has 1 amide bonds. The van der Waals surface area contributed by atoms with Crippen LogP contribution in [-0.2, 0) is 22.3 Å². The van der Waals surface area contributed by atoms with Crippen molar-refractivity contribution in [1.29, 1.82) is 0 Å². The predicted molar refractivity (Wildman–Crippen MR) is 93.5 cm³/mol. The molecule has 2 aromatic heterocycles. The SMILES string of the molecule is O=C(Nc1c2c(nn1-c1ccccc1)C[S@](=O)C2)c1ccc(Br)o1. The van der Waals surface area contributed by atoms with Crippen LogP contribution in [0.25, 0.3) is 5.69 Å². The minimum atomic E-state index is -0.976. The van der Waals surface area contributed by atoms with E-state index in [-0.39, 0.29) is 11.7 Å². The molecule has 0 bridgehead atoms. The van der Waals surface area contributed by atoms with Crippen LogP contribution < -0.4 is 5.32 Å². The van der Waals surface area contributed by atoms with Crippen molar-refractivity contribution in [1.82, 2.24) is 9.78 Å². The number of aromatic nitrogens is 2. The zero-order valence-electron chi connectivity index (χ0n) is 12.4. The molecule has 8 heteroatoms. The highest BCUT2D eigenvalue weighted by molar-refractivity contribution is 9.10. The molecule has 122 valence electrons. The van der Waals surface area contributed by atoms with Gasteiger partial charge < -0.3 is 9.73 Å². The number of carbonyl (C=O) groups is 1. The largest absolute Gasteiger partial charge is 0.444 e. The van der Waals surface area contributed by atoms with E-state index in [0.29, 0.717) is 22.0 Å². The maximum absolute atomic E-state index is 12.4. The summed E-state index contributed by atoms with van der Waals surface area (Å²) in [5, 5.41) is 7.38. The van der Waals surface area contributed by atoms with E-state index < -0.39 is 10.8 Å². The number of para-hydroxylation sites is 1. The molecule has 1 atom stereocenters. The Morgan fingerprint density at radius 3 is 2.71 bits per heavy atom. The summed E-state index contributed by atoms with van der Waals surface area (Å²) in [6, 6.07) is 12.7. The van der Waals surface area contributed by atoms with Crippen molar-refractivity contribution in [2.24, 2.45) is 0 Å². The molecule has 0 fully saturated rings. The minimum absolute atomic E-state index is 0.190. The van der Waals surface area contributed by atoms with Crippen molar-refractivity contribution in [2.75, 3.05) is 5.32 Å². The van der Waals surface area contributed by atoms with Crippen LogP contribution in [0.2, 0.25) is 0 Å². The van der Waals surface area contributed by atoms with Crippen LogP contribution in [0.5, 0.6) is 0 Å². The van der Waals surface area contributed by atoms with Gasteiger partial charge in [0.25, 0.3) is 5.91 Å². The zero-order valence-corrected chi connectivity index (χ0v) is 14.8. The van der Waals surface area contributed by atoms with Gasteiger partial charge in [0.1, 0.15) is 5.82 Å². The molecule has 0 radical (unpaired) electrons. The van der Waals surface area contributed by atoms with Gasteiger partial charge in [-0.1, -0.05) is 18.2 Å². The van der Waals surface area contributed by atoms with Gasteiger partial charge in [0.05, 0.1) is 22.9 Å². The molecule has 1 N–H and O–H groups in total. The summed E-state index contributed by atoms with van der Waals surface area (Å²) in [5.41, 5.74) is 2.40. The van der Waals surface area contributed by atoms with Crippen LogP contribution in [-0.4, -0.2) is 19.9 Å². The van der Waals surface area contributed by atoms with E-state index >= 15 is 0 Å². The van der Waals surface area contributed by atoms with Gasteiger partial charge in [0, 0.05) is 16.4 Å². The number of rotatable bonds is 3. The third kappa shape index (κ3) is 2.71. The van der Waals surface area contributed by atoms with E-state index in [0.717, 1.165) is 16.9 Å². The lowest BCUT2D eigenvalue weighted by atomic mass is 10.2. The summed E-state index contributed by atoms with van der Waals surface area (Å²) in [5.74, 6) is 1.15. The molecule has 0 unspecified atom stereocenters. The smallest absolute Gasteiger partial charge is 0.292 e. The quantitative estimate of drug-likeness (QED) is 0.725. The molecule has 0 saturated heterocycles. The monoisotopic (exact) mass is 405 g/mol. The molecule has 1 aliphatic heterocycles. The first-order valence-electron chi connectivity index (χ1n) is 7.19. The van der Waals surface area contributed by atoms with Crippen molar-refractivity contribution in [3.05, 3.63) is 64.2 Å². The fraction of sp³-hybridized carbons (Fsp3) is 0.125. The first kappa shape index (κ1) is 15.3.